The first-order chi connectivity index (χ1) is 12.7. The summed E-state index contributed by atoms with van der Waals surface area (Å²) in [6.45, 7) is 4.98. The van der Waals surface area contributed by atoms with Gasteiger partial charge in [-0.1, -0.05) is 18.6 Å². The summed E-state index contributed by atoms with van der Waals surface area (Å²) in [4.78, 5) is 19.2. The molecule has 3 aliphatic rings. The molecule has 3 saturated heterocycles. The number of rotatable bonds is 7. The second kappa shape index (κ2) is 7.84. The zero-order chi connectivity index (χ0) is 17.9. The Balaban J connectivity index is 1.34. The summed E-state index contributed by atoms with van der Waals surface area (Å²) in [5, 5.41) is 14.2. The van der Waals surface area contributed by atoms with Gasteiger partial charge in [-0.25, -0.2) is 4.98 Å². The number of aryl methyl sites for hydroxylation is 1. The molecule has 2 bridgehead atoms. The van der Waals surface area contributed by atoms with Crippen molar-refractivity contribution in [3.05, 3.63) is 23.5 Å². The lowest BCUT2D eigenvalue weighted by Crippen LogP contribution is -2.57. The lowest BCUT2D eigenvalue weighted by atomic mass is 9.75. The fourth-order valence-corrected chi connectivity index (χ4v) is 4.76. The Morgan fingerprint density at radius 2 is 2.38 bits per heavy atom. The molecule has 3 aliphatic heterocycles. The number of hydrogen-bond acceptors (Lipinski definition) is 6. The molecule has 0 saturated carbocycles. The highest BCUT2D eigenvalue weighted by molar-refractivity contribution is 7.13. The van der Waals surface area contributed by atoms with Gasteiger partial charge in [0, 0.05) is 30.4 Å². The molecule has 140 valence electrons. The van der Waals surface area contributed by atoms with Crippen LogP contribution in [0.5, 0.6) is 0 Å². The van der Waals surface area contributed by atoms with Crippen molar-refractivity contribution < 1.29 is 4.79 Å². The third kappa shape index (κ3) is 3.81. The van der Waals surface area contributed by atoms with Crippen molar-refractivity contribution in [1.29, 1.82) is 0 Å². The monoisotopic (exact) mass is 374 g/mol. The van der Waals surface area contributed by atoms with E-state index in [4.69, 9.17) is 0 Å². The van der Waals surface area contributed by atoms with E-state index in [2.05, 4.69) is 38.6 Å². The molecule has 3 fully saturated rings. The Hall–Kier alpha value is -1.80. The van der Waals surface area contributed by atoms with Gasteiger partial charge in [-0.15, -0.1) is 16.4 Å². The first-order valence-electron chi connectivity index (χ1n) is 9.56. The molecule has 2 aromatic rings. The number of thiazole rings is 1. The number of anilines is 1. The Morgan fingerprint density at radius 3 is 3.12 bits per heavy atom. The Kier molecular flexibility index (Phi) is 5.31. The second-order valence-corrected chi connectivity index (χ2v) is 8.30. The molecule has 0 aliphatic carbocycles. The van der Waals surface area contributed by atoms with Crippen LogP contribution in [-0.2, 0) is 17.8 Å². The fraction of sp³-hybridized carbons (Fsp3) is 0.667. The van der Waals surface area contributed by atoms with Gasteiger partial charge in [0.2, 0.25) is 5.91 Å². The molecule has 2 aromatic heterocycles. The van der Waals surface area contributed by atoms with Gasteiger partial charge in [0.25, 0.3) is 0 Å². The molecule has 0 aromatic carbocycles. The zero-order valence-corrected chi connectivity index (χ0v) is 16.0. The van der Waals surface area contributed by atoms with Gasteiger partial charge in [0.05, 0.1) is 18.2 Å². The van der Waals surface area contributed by atoms with Crippen LogP contribution in [0, 0.1) is 11.8 Å². The molecular weight excluding hydrogens is 348 g/mol. The number of unbranched alkanes of at least 4 members (excludes halogenated alkanes) is 1. The number of fused-ring (bicyclic) bond motifs is 3. The normalized spacial score (nSPS) is 27.6. The summed E-state index contributed by atoms with van der Waals surface area (Å²) in [7, 11) is 0. The van der Waals surface area contributed by atoms with Gasteiger partial charge in [0.15, 0.2) is 5.13 Å². The molecule has 1 unspecified atom stereocenters. The minimum Gasteiger partial charge on any atom is -0.302 e. The second-order valence-electron chi connectivity index (χ2n) is 7.40. The Morgan fingerprint density at radius 1 is 1.46 bits per heavy atom. The maximum atomic E-state index is 12.6. The molecule has 4 atom stereocenters. The van der Waals surface area contributed by atoms with Crippen LogP contribution >= 0.6 is 11.3 Å². The first-order valence-corrected chi connectivity index (χ1v) is 10.4. The van der Waals surface area contributed by atoms with Crippen molar-refractivity contribution in [2.75, 3.05) is 18.4 Å². The number of nitrogens with zero attached hydrogens (tertiary/aromatic N) is 5. The van der Waals surface area contributed by atoms with Crippen LogP contribution in [0.25, 0.3) is 0 Å². The van der Waals surface area contributed by atoms with E-state index < -0.39 is 0 Å². The molecule has 0 spiro atoms. The van der Waals surface area contributed by atoms with Crippen molar-refractivity contribution in [2.45, 2.75) is 51.6 Å². The van der Waals surface area contributed by atoms with Crippen molar-refractivity contribution >= 4 is 22.4 Å². The predicted molar refractivity (Wildman–Crippen MR) is 101 cm³/mol. The summed E-state index contributed by atoms with van der Waals surface area (Å²) in [6.07, 6.45) is 9.31. The highest BCUT2D eigenvalue weighted by atomic mass is 32.1. The minimum absolute atomic E-state index is 0.0692. The van der Waals surface area contributed by atoms with Crippen LogP contribution in [-0.4, -0.2) is 49.9 Å². The third-order valence-electron chi connectivity index (χ3n) is 5.65. The first kappa shape index (κ1) is 17.6. The topological polar surface area (TPSA) is 75.9 Å². The molecule has 1 amide bonds. The van der Waals surface area contributed by atoms with Gasteiger partial charge in [0.1, 0.15) is 0 Å². The summed E-state index contributed by atoms with van der Waals surface area (Å²) >= 11 is 1.47. The third-order valence-corrected chi connectivity index (χ3v) is 6.34. The van der Waals surface area contributed by atoms with E-state index in [0.717, 1.165) is 51.0 Å². The number of carbonyl (C=O) groups is 1. The summed E-state index contributed by atoms with van der Waals surface area (Å²) in [5.74, 6) is 0.642. The van der Waals surface area contributed by atoms with E-state index >= 15 is 0 Å². The molecular formula is C18H26N6OS. The number of piperidine rings is 3. The predicted octanol–water partition coefficient (Wildman–Crippen LogP) is 2.43. The molecule has 5 rings (SSSR count). The molecule has 8 heteroatoms. The number of nitrogens with one attached hydrogen (secondary N) is 1. The van der Waals surface area contributed by atoms with Crippen molar-refractivity contribution in [3.8, 4) is 0 Å². The lowest BCUT2D eigenvalue weighted by molar-refractivity contribution is -0.127. The van der Waals surface area contributed by atoms with E-state index in [1.807, 2.05) is 10.1 Å². The highest BCUT2D eigenvalue weighted by Gasteiger charge is 2.43. The largest absolute Gasteiger partial charge is 0.302 e. The quantitative estimate of drug-likeness (QED) is 0.805. The van der Waals surface area contributed by atoms with Crippen molar-refractivity contribution in [3.63, 3.8) is 0 Å². The summed E-state index contributed by atoms with van der Waals surface area (Å²) in [6, 6.07) is 0.457. The van der Waals surface area contributed by atoms with Gasteiger partial charge in [-0.3, -0.25) is 14.4 Å². The van der Waals surface area contributed by atoms with Gasteiger partial charge < -0.3 is 5.32 Å². The molecule has 0 radical (unpaired) electrons. The zero-order valence-electron chi connectivity index (χ0n) is 15.2. The van der Waals surface area contributed by atoms with Gasteiger partial charge >= 0.3 is 0 Å². The van der Waals surface area contributed by atoms with E-state index in [-0.39, 0.29) is 11.8 Å². The van der Waals surface area contributed by atoms with Gasteiger partial charge in [-0.05, 0) is 38.1 Å². The Bertz CT molecular complexity index is 730. The number of carbonyl (C=O) groups excluding carboxylic acids is 1. The average molecular weight is 375 g/mol. The standard InChI is InChI=1S/C18H26N6OS/c1-2-3-4-14-10-24(22-21-14)11-15-9-13-5-7-23(15)12-16(13)17(25)20-18-19-6-8-26-18/h6,8,10,13,15-16H,2-5,7,9,11-12H2,1H3,(H,19,20,25)/t13-,15-,16+/m1/s1. The minimum atomic E-state index is 0.0692. The van der Waals surface area contributed by atoms with Gasteiger partial charge in [-0.2, -0.15) is 0 Å². The number of hydrogen-bond donors (Lipinski definition) is 1. The van der Waals surface area contributed by atoms with Crippen LogP contribution in [0.4, 0.5) is 5.13 Å². The highest BCUT2D eigenvalue weighted by Crippen LogP contribution is 2.37. The van der Waals surface area contributed by atoms with Crippen molar-refractivity contribution in [1.82, 2.24) is 24.9 Å². The van der Waals surface area contributed by atoms with E-state index in [0.29, 0.717) is 17.1 Å². The maximum absolute atomic E-state index is 12.6. The lowest BCUT2D eigenvalue weighted by Gasteiger charge is -2.49. The maximum Gasteiger partial charge on any atom is 0.230 e. The summed E-state index contributed by atoms with van der Waals surface area (Å²) < 4.78 is 1.99. The van der Waals surface area contributed by atoms with Crippen LogP contribution < -0.4 is 5.32 Å². The number of aromatic nitrogens is 4. The van der Waals surface area contributed by atoms with E-state index in [9.17, 15) is 4.79 Å². The van der Waals surface area contributed by atoms with Crippen LogP contribution in [0.3, 0.4) is 0 Å². The smallest absolute Gasteiger partial charge is 0.230 e. The number of amides is 1. The van der Waals surface area contributed by atoms with Crippen LogP contribution in [0.15, 0.2) is 17.8 Å². The molecule has 5 heterocycles. The molecule has 7 nitrogen and oxygen atoms in total. The Labute approximate surface area is 157 Å². The van der Waals surface area contributed by atoms with E-state index in [1.165, 1.54) is 17.8 Å². The SMILES string of the molecule is CCCCc1cn(C[C@H]2C[C@H]3CCN2C[C@@H]3C(=O)Nc2nccs2)nn1. The molecule has 26 heavy (non-hydrogen) atoms. The van der Waals surface area contributed by atoms with E-state index in [1.54, 1.807) is 6.20 Å². The molecule has 1 N–H and O–H groups in total. The average Bonchev–Trinajstić information content (AvgIpc) is 3.32. The van der Waals surface area contributed by atoms with Crippen LogP contribution in [0.1, 0.15) is 38.3 Å². The van der Waals surface area contributed by atoms with Crippen LogP contribution in [0.2, 0.25) is 0 Å². The van der Waals surface area contributed by atoms with Crippen molar-refractivity contribution in [2.24, 2.45) is 11.8 Å². The summed E-state index contributed by atoms with van der Waals surface area (Å²) in [5.41, 5.74) is 1.09. The fourth-order valence-electron chi connectivity index (χ4n) is 4.22.